The quantitative estimate of drug-likeness (QED) is 0.125. The molecule has 229 valence electrons. The average Bonchev–Trinajstić information content (AvgIpc) is 3.39. The number of aromatic nitrogens is 3. The number of pyridine rings is 3. The maximum absolute atomic E-state index is 6.00. The fraction of sp³-hybridized carbons (Fsp3) is 0.289. The van der Waals surface area contributed by atoms with Crippen molar-refractivity contribution in [3.05, 3.63) is 109 Å². The second-order valence-electron chi connectivity index (χ2n) is 12.9. The van der Waals surface area contributed by atoms with Crippen LogP contribution in [0.2, 0.25) is 19.6 Å². The van der Waals surface area contributed by atoms with Crippen molar-refractivity contribution in [1.82, 2.24) is 15.0 Å². The van der Waals surface area contributed by atoms with Crippen LogP contribution in [-0.4, -0.2) is 23.0 Å². The van der Waals surface area contributed by atoms with E-state index in [4.69, 9.17) is 4.42 Å². The molecule has 2 aromatic carbocycles. The first-order chi connectivity index (χ1) is 20.5. The zero-order valence-corrected chi connectivity index (χ0v) is 30.3. The van der Waals surface area contributed by atoms with Gasteiger partial charge in [-0.2, -0.15) is 0 Å². The Morgan fingerprint density at radius 2 is 1.55 bits per heavy atom. The molecule has 0 spiro atoms. The predicted molar refractivity (Wildman–Crippen MR) is 182 cm³/mol. The Bertz CT molecular complexity index is 1840. The molecule has 0 bridgehead atoms. The van der Waals surface area contributed by atoms with E-state index >= 15 is 0 Å². The fourth-order valence-electron chi connectivity index (χ4n) is 5.29. The summed E-state index contributed by atoms with van der Waals surface area (Å²) in [5.41, 5.74) is 8.08. The van der Waals surface area contributed by atoms with Crippen LogP contribution in [0.25, 0.3) is 44.6 Å². The molecule has 4 heterocycles. The third kappa shape index (κ3) is 7.26. The molecule has 44 heavy (non-hydrogen) atoms. The average molecular weight is 776 g/mol. The minimum atomic E-state index is -1.34. The van der Waals surface area contributed by atoms with E-state index in [0.717, 1.165) is 38.9 Å². The molecule has 0 fully saturated rings. The van der Waals surface area contributed by atoms with Crippen LogP contribution in [0.1, 0.15) is 57.6 Å². The summed E-state index contributed by atoms with van der Waals surface area (Å²) in [5, 5.41) is 3.55. The first kappa shape index (κ1) is 33.4. The molecule has 4 aromatic heterocycles. The van der Waals surface area contributed by atoms with Crippen LogP contribution in [0.4, 0.5) is 0 Å². The van der Waals surface area contributed by atoms with E-state index in [0.29, 0.717) is 23.5 Å². The molecule has 0 aliphatic rings. The van der Waals surface area contributed by atoms with E-state index < -0.39 is 8.07 Å². The van der Waals surface area contributed by atoms with Crippen LogP contribution in [0.15, 0.2) is 89.7 Å². The molecule has 0 saturated carbocycles. The van der Waals surface area contributed by atoms with E-state index in [9.17, 15) is 0 Å². The van der Waals surface area contributed by atoms with Gasteiger partial charge in [-0.15, -0.1) is 54.1 Å². The Morgan fingerprint density at radius 3 is 2.23 bits per heavy atom. The summed E-state index contributed by atoms with van der Waals surface area (Å²) >= 11 is 0. The van der Waals surface area contributed by atoms with Gasteiger partial charge in [-0.25, -0.2) is 4.98 Å². The third-order valence-electron chi connectivity index (χ3n) is 8.13. The van der Waals surface area contributed by atoms with Crippen molar-refractivity contribution in [2.24, 2.45) is 5.92 Å². The van der Waals surface area contributed by atoms with Crippen molar-refractivity contribution in [1.29, 1.82) is 0 Å². The monoisotopic (exact) mass is 776 g/mol. The number of rotatable bonds is 6. The SMILES string of the molecule is CC(C)C(C)c1ccnc(-c2[c-]ccc3c2oc2ncccc23)c1.CC(C)c1cc(-c2[c-]cccc2)ncc1[Si](C)(C)C.[Ir]. The third-order valence-corrected chi connectivity index (χ3v) is 10.2. The number of nitrogens with zero attached hydrogens (tertiary/aromatic N) is 3. The van der Waals surface area contributed by atoms with Crippen molar-refractivity contribution in [2.45, 2.75) is 66.1 Å². The van der Waals surface area contributed by atoms with Gasteiger partial charge in [-0.1, -0.05) is 88.5 Å². The van der Waals surface area contributed by atoms with E-state index in [1.54, 1.807) is 6.20 Å². The summed E-state index contributed by atoms with van der Waals surface area (Å²) in [4.78, 5) is 13.5. The molecular weight excluding hydrogens is 735 g/mol. The van der Waals surface area contributed by atoms with Gasteiger partial charge in [0.15, 0.2) is 0 Å². The summed E-state index contributed by atoms with van der Waals surface area (Å²) in [5.74, 6) is 1.59. The molecule has 6 rings (SSSR count). The number of furan rings is 1. The van der Waals surface area contributed by atoms with Gasteiger partial charge in [0.1, 0.15) is 0 Å². The van der Waals surface area contributed by atoms with Crippen molar-refractivity contribution in [2.75, 3.05) is 0 Å². The van der Waals surface area contributed by atoms with E-state index in [2.05, 4.69) is 112 Å². The van der Waals surface area contributed by atoms with Crippen LogP contribution in [0.5, 0.6) is 0 Å². The summed E-state index contributed by atoms with van der Waals surface area (Å²) in [7, 11) is -1.34. The van der Waals surface area contributed by atoms with Crippen molar-refractivity contribution in [3.8, 4) is 22.5 Å². The van der Waals surface area contributed by atoms with Crippen molar-refractivity contribution in [3.63, 3.8) is 0 Å². The Kier molecular flexibility index (Phi) is 10.7. The molecule has 6 heteroatoms. The topological polar surface area (TPSA) is 51.8 Å². The molecule has 0 aliphatic heterocycles. The molecule has 0 N–H and O–H groups in total. The van der Waals surface area contributed by atoms with Gasteiger partial charge >= 0.3 is 0 Å². The Balaban J connectivity index is 0.000000202. The number of fused-ring (bicyclic) bond motifs is 3. The smallest absolute Gasteiger partial charge is 0.216 e. The molecule has 1 atom stereocenters. The molecule has 0 saturated heterocycles. The minimum absolute atomic E-state index is 0. The van der Waals surface area contributed by atoms with Gasteiger partial charge in [0.25, 0.3) is 0 Å². The number of hydrogen-bond donors (Lipinski definition) is 0. The summed E-state index contributed by atoms with van der Waals surface area (Å²) in [6.45, 7) is 18.4. The van der Waals surface area contributed by atoms with Gasteiger partial charge in [0.2, 0.25) is 5.71 Å². The van der Waals surface area contributed by atoms with Crippen molar-refractivity contribution >= 4 is 35.3 Å². The second kappa shape index (κ2) is 14.1. The van der Waals surface area contributed by atoms with Crippen LogP contribution >= 0.6 is 0 Å². The van der Waals surface area contributed by atoms with E-state index in [-0.39, 0.29) is 20.1 Å². The standard InChI is InChI=1S/C21H19N2O.C17H22NSi.Ir/c1-13(2)14(3)15-9-11-22-19(12-15)18-7-4-6-16-17-8-5-10-23-21(17)24-20(16)18;1-13(2)15-11-16(14-9-7-6-8-10-14)18-12-17(15)19(3,4)5;/h4-6,8-14H,1-3H3;6-9,11-13H,1-5H3;/q2*-1;. The zero-order chi connectivity index (χ0) is 30.7. The molecule has 4 nitrogen and oxygen atoms in total. The molecule has 1 unspecified atom stereocenters. The molecule has 1 radical (unpaired) electrons. The summed E-state index contributed by atoms with van der Waals surface area (Å²) < 4.78 is 6.00. The fourth-order valence-corrected chi connectivity index (χ4v) is 6.97. The Labute approximate surface area is 276 Å². The van der Waals surface area contributed by atoms with Crippen LogP contribution in [0, 0.1) is 18.1 Å². The molecular formula is C38H41IrN3OSi-2. The predicted octanol–water partition coefficient (Wildman–Crippen LogP) is 9.82. The summed E-state index contributed by atoms with van der Waals surface area (Å²) in [6, 6.07) is 29.0. The normalized spacial score (nSPS) is 12.2. The Morgan fingerprint density at radius 1 is 0.750 bits per heavy atom. The van der Waals surface area contributed by atoms with Crippen molar-refractivity contribution < 1.29 is 24.5 Å². The van der Waals surface area contributed by atoms with E-state index in [1.807, 2.05) is 48.7 Å². The van der Waals surface area contributed by atoms with Gasteiger partial charge < -0.3 is 14.4 Å². The van der Waals surface area contributed by atoms with Crippen LogP contribution < -0.4 is 5.19 Å². The molecule has 0 aliphatic carbocycles. The van der Waals surface area contributed by atoms with Crippen LogP contribution in [-0.2, 0) is 20.1 Å². The van der Waals surface area contributed by atoms with Gasteiger partial charge in [-0.05, 0) is 52.5 Å². The Hall–Kier alpha value is -3.44. The number of benzene rings is 2. The molecule has 0 amide bonds. The molecule has 6 aromatic rings. The first-order valence-electron chi connectivity index (χ1n) is 15.2. The minimum Gasteiger partial charge on any atom is -0.486 e. The number of hydrogen-bond acceptors (Lipinski definition) is 4. The van der Waals surface area contributed by atoms with Gasteiger partial charge in [0.05, 0.1) is 13.7 Å². The van der Waals surface area contributed by atoms with Gasteiger partial charge in [-0.3, -0.25) is 0 Å². The van der Waals surface area contributed by atoms with Gasteiger partial charge in [0, 0.05) is 44.1 Å². The zero-order valence-electron chi connectivity index (χ0n) is 26.9. The van der Waals surface area contributed by atoms with E-state index in [1.165, 1.54) is 16.3 Å². The van der Waals surface area contributed by atoms with Crippen LogP contribution in [0.3, 0.4) is 0 Å². The first-order valence-corrected chi connectivity index (χ1v) is 18.7. The maximum atomic E-state index is 6.00. The maximum Gasteiger partial charge on any atom is 0.216 e. The largest absolute Gasteiger partial charge is 0.486 e. The summed E-state index contributed by atoms with van der Waals surface area (Å²) in [6.07, 6.45) is 5.71. The second-order valence-corrected chi connectivity index (χ2v) is 17.9.